The fourth-order valence-corrected chi connectivity index (χ4v) is 3.29. The summed E-state index contributed by atoms with van der Waals surface area (Å²) < 4.78 is 0. The van der Waals surface area contributed by atoms with Crippen LogP contribution in [0.4, 0.5) is 5.69 Å². The first-order valence-corrected chi connectivity index (χ1v) is 8.17. The molecule has 2 N–H and O–H groups in total. The molecule has 23 heavy (non-hydrogen) atoms. The lowest BCUT2D eigenvalue weighted by molar-refractivity contribution is 0.0953. The van der Waals surface area contributed by atoms with Gasteiger partial charge in [-0.05, 0) is 37.5 Å². The molecule has 2 aromatic rings. The molecule has 0 radical (unpaired) electrons. The Bertz CT molecular complexity index is 661. The van der Waals surface area contributed by atoms with Crippen LogP contribution in [0, 0.1) is 6.92 Å². The van der Waals surface area contributed by atoms with Gasteiger partial charge in [-0.15, -0.1) is 36.2 Å². The third kappa shape index (κ3) is 4.83. The summed E-state index contributed by atoms with van der Waals surface area (Å²) in [4.78, 5) is 16.8. The lowest BCUT2D eigenvalue weighted by atomic mass is 9.97. The number of amides is 1. The molecule has 2 heterocycles. The minimum absolute atomic E-state index is 0. The van der Waals surface area contributed by atoms with Crippen LogP contribution < -0.4 is 10.6 Å². The van der Waals surface area contributed by atoms with E-state index in [-0.39, 0.29) is 30.7 Å². The van der Waals surface area contributed by atoms with E-state index in [4.69, 9.17) is 0 Å². The Hall–Kier alpha value is -1.30. The highest BCUT2D eigenvalue weighted by atomic mass is 35.5. The minimum atomic E-state index is 0. The van der Waals surface area contributed by atoms with E-state index in [0.29, 0.717) is 6.54 Å². The van der Waals surface area contributed by atoms with Gasteiger partial charge in [-0.3, -0.25) is 4.79 Å². The number of thiazole rings is 1. The zero-order chi connectivity index (χ0) is 14.7. The van der Waals surface area contributed by atoms with Gasteiger partial charge in [0.05, 0.1) is 10.7 Å². The van der Waals surface area contributed by atoms with E-state index in [0.717, 1.165) is 53.3 Å². The van der Waals surface area contributed by atoms with Crippen molar-refractivity contribution in [1.82, 2.24) is 10.3 Å². The number of rotatable bonds is 4. The van der Waals surface area contributed by atoms with Crippen LogP contribution in [0.3, 0.4) is 0 Å². The van der Waals surface area contributed by atoms with Crippen LogP contribution in [0.25, 0.3) is 0 Å². The number of halogens is 2. The van der Waals surface area contributed by atoms with Crippen LogP contribution in [0.5, 0.6) is 0 Å². The van der Waals surface area contributed by atoms with E-state index in [1.807, 2.05) is 25.1 Å². The predicted octanol–water partition coefficient (Wildman–Crippen LogP) is 3.63. The SMILES string of the molecule is Cc1nc(CCNC(=O)c2cccc3c2CCCN3)cs1.Cl.Cl. The second-order valence-corrected chi connectivity index (χ2v) is 6.29. The molecule has 0 saturated carbocycles. The van der Waals surface area contributed by atoms with Crippen LogP contribution in [-0.2, 0) is 12.8 Å². The number of aryl methyl sites for hydroxylation is 1. The van der Waals surface area contributed by atoms with E-state index in [2.05, 4.69) is 21.0 Å². The standard InChI is InChI=1S/C16H19N3OS.2ClH/c1-11-19-12(10-21-11)7-9-18-16(20)14-4-2-6-15-13(14)5-3-8-17-15;;/h2,4,6,10,17H,3,5,7-9H2,1H3,(H,18,20);2*1H. The van der Waals surface area contributed by atoms with Gasteiger partial charge in [0.25, 0.3) is 5.91 Å². The number of carbonyl (C=O) groups excluding carboxylic acids is 1. The molecule has 0 bridgehead atoms. The van der Waals surface area contributed by atoms with Gasteiger partial charge in [0, 0.05) is 36.1 Å². The Balaban J connectivity index is 0.00000132. The summed E-state index contributed by atoms with van der Waals surface area (Å²) in [5.41, 5.74) is 4.10. The molecule has 1 aromatic heterocycles. The Labute approximate surface area is 152 Å². The first kappa shape index (κ1) is 19.7. The van der Waals surface area contributed by atoms with Crippen LogP contribution in [0.1, 0.15) is 33.0 Å². The number of hydrogen-bond acceptors (Lipinski definition) is 4. The quantitative estimate of drug-likeness (QED) is 0.860. The molecule has 0 atom stereocenters. The molecule has 0 saturated heterocycles. The summed E-state index contributed by atoms with van der Waals surface area (Å²) in [6.45, 7) is 3.61. The topological polar surface area (TPSA) is 54.0 Å². The Morgan fingerprint density at radius 2 is 2.22 bits per heavy atom. The molecule has 1 amide bonds. The van der Waals surface area contributed by atoms with Crippen molar-refractivity contribution in [2.45, 2.75) is 26.2 Å². The van der Waals surface area contributed by atoms with Gasteiger partial charge in [0.15, 0.2) is 0 Å². The third-order valence-corrected chi connectivity index (χ3v) is 4.50. The molecule has 126 valence electrons. The molecule has 0 aliphatic carbocycles. The number of aromatic nitrogens is 1. The van der Waals surface area contributed by atoms with Gasteiger partial charge in [-0.25, -0.2) is 4.98 Å². The highest BCUT2D eigenvalue weighted by Crippen LogP contribution is 2.25. The zero-order valence-electron chi connectivity index (χ0n) is 12.9. The van der Waals surface area contributed by atoms with Crippen molar-refractivity contribution < 1.29 is 4.79 Å². The molecule has 7 heteroatoms. The van der Waals surface area contributed by atoms with Crippen LogP contribution in [0.2, 0.25) is 0 Å². The lowest BCUT2D eigenvalue weighted by Gasteiger charge is -2.20. The normalized spacial score (nSPS) is 12.2. The third-order valence-electron chi connectivity index (χ3n) is 3.67. The molecule has 1 aliphatic heterocycles. The van der Waals surface area contributed by atoms with Crippen LogP contribution in [0.15, 0.2) is 23.6 Å². The summed E-state index contributed by atoms with van der Waals surface area (Å²) in [6, 6.07) is 5.90. The predicted molar refractivity (Wildman–Crippen MR) is 101 cm³/mol. The summed E-state index contributed by atoms with van der Waals surface area (Å²) in [5, 5.41) is 9.48. The fourth-order valence-electron chi connectivity index (χ4n) is 2.65. The molecule has 1 aromatic carbocycles. The molecular weight excluding hydrogens is 353 g/mol. The molecule has 3 rings (SSSR count). The molecule has 0 spiro atoms. The van der Waals surface area contributed by atoms with Gasteiger partial charge in [0.2, 0.25) is 0 Å². The molecule has 0 fully saturated rings. The number of anilines is 1. The molecule has 1 aliphatic rings. The van der Waals surface area contributed by atoms with Gasteiger partial charge in [0.1, 0.15) is 0 Å². The Morgan fingerprint density at radius 1 is 1.39 bits per heavy atom. The highest BCUT2D eigenvalue weighted by Gasteiger charge is 2.16. The van der Waals surface area contributed by atoms with E-state index in [9.17, 15) is 4.79 Å². The summed E-state index contributed by atoms with van der Waals surface area (Å²) in [7, 11) is 0. The van der Waals surface area contributed by atoms with Gasteiger partial charge in [-0.1, -0.05) is 6.07 Å². The summed E-state index contributed by atoms with van der Waals surface area (Å²) in [5.74, 6) is 0.0162. The van der Waals surface area contributed by atoms with E-state index in [1.54, 1.807) is 11.3 Å². The number of carbonyl (C=O) groups is 1. The number of hydrogen-bond donors (Lipinski definition) is 2. The van der Waals surface area contributed by atoms with E-state index < -0.39 is 0 Å². The second kappa shape index (κ2) is 9.11. The van der Waals surface area contributed by atoms with Gasteiger partial charge < -0.3 is 10.6 Å². The molecule has 4 nitrogen and oxygen atoms in total. The number of benzene rings is 1. The van der Waals surface area contributed by atoms with Crippen LogP contribution >= 0.6 is 36.2 Å². The van der Waals surface area contributed by atoms with Crippen molar-refractivity contribution in [2.24, 2.45) is 0 Å². The average Bonchev–Trinajstić information content (AvgIpc) is 2.92. The van der Waals surface area contributed by atoms with Gasteiger partial charge >= 0.3 is 0 Å². The monoisotopic (exact) mass is 373 g/mol. The maximum Gasteiger partial charge on any atom is 0.251 e. The van der Waals surface area contributed by atoms with Crippen molar-refractivity contribution in [2.75, 3.05) is 18.4 Å². The lowest BCUT2D eigenvalue weighted by Crippen LogP contribution is -2.28. The van der Waals surface area contributed by atoms with Crippen molar-refractivity contribution >= 4 is 47.7 Å². The van der Waals surface area contributed by atoms with Crippen molar-refractivity contribution in [3.63, 3.8) is 0 Å². The van der Waals surface area contributed by atoms with Gasteiger partial charge in [-0.2, -0.15) is 0 Å². The minimum Gasteiger partial charge on any atom is -0.385 e. The maximum atomic E-state index is 12.4. The Kier molecular flexibility index (Phi) is 7.82. The molecule has 0 unspecified atom stereocenters. The van der Waals surface area contributed by atoms with Crippen LogP contribution in [-0.4, -0.2) is 24.0 Å². The largest absolute Gasteiger partial charge is 0.385 e. The first-order chi connectivity index (χ1) is 10.2. The zero-order valence-corrected chi connectivity index (χ0v) is 15.4. The second-order valence-electron chi connectivity index (χ2n) is 5.23. The van der Waals surface area contributed by atoms with Crippen molar-refractivity contribution in [1.29, 1.82) is 0 Å². The van der Waals surface area contributed by atoms with E-state index in [1.165, 1.54) is 0 Å². The summed E-state index contributed by atoms with van der Waals surface area (Å²) in [6.07, 6.45) is 2.83. The first-order valence-electron chi connectivity index (χ1n) is 7.29. The number of fused-ring (bicyclic) bond motifs is 1. The molecular formula is C16H21Cl2N3OS. The smallest absolute Gasteiger partial charge is 0.251 e. The fraction of sp³-hybridized carbons (Fsp3) is 0.375. The summed E-state index contributed by atoms with van der Waals surface area (Å²) >= 11 is 1.65. The van der Waals surface area contributed by atoms with E-state index >= 15 is 0 Å². The number of nitrogens with zero attached hydrogens (tertiary/aromatic N) is 1. The maximum absolute atomic E-state index is 12.4. The van der Waals surface area contributed by atoms with Crippen molar-refractivity contribution in [3.05, 3.63) is 45.4 Å². The number of nitrogens with one attached hydrogen (secondary N) is 2. The van der Waals surface area contributed by atoms with Crippen molar-refractivity contribution in [3.8, 4) is 0 Å². The average molecular weight is 374 g/mol. The highest BCUT2D eigenvalue weighted by molar-refractivity contribution is 7.09. The Morgan fingerprint density at radius 3 is 2.96 bits per heavy atom.